The minimum Gasteiger partial charge on any atom is -0.352 e. The quantitative estimate of drug-likeness (QED) is 0.588. The van der Waals surface area contributed by atoms with E-state index in [9.17, 15) is 19.7 Å². The van der Waals surface area contributed by atoms with Crippen molar-refractivity contribution in [2.24, 2.45) is 5.92 Å². The van der Waals surface area contributed by atoms with E-state index < -0.39 is 10.8 Å². The largest absolute Gasteiger partial charge is 0.352 e. The van der Waals surface area contributed by atoms with Crippen molar-refractivity contribution in [3.05, 3.63) is 69.8 Å². The van der Waals surface area contributed by atoms with Crippen LogP contribution in [0.4, 0.5) is 11.4 Å². The van der Waals surface area contributed by atoms with E-state index in [1.54, 1.807) is 42.5 Å². The van der Waals surface area contributed by atoms with Crippen LogP contribution in [0.3, 0.4) is 0 Å². The van der Waals surface area contributed by atoms with Crippen molar-refractivity contribution in [3.63, 3.8) is 0 Å². The summed E-state index contributed by atoms with van der Waals surface area (Å²) in [5, 5.41) is 16.5. The van der Waals surface area contributed by atoms with Gasteiger partial charge >= 0.3 is 0 Å². The van der Waals surface area contributed by atoms with Gasteiger partial charge in [0.1, 0.15) is 0 Å². The fourth-order valence-corrected chi connectivity index (χ4v) is 2.39. The van der Waals surface area contributed by atoms with Crippen LogP contribution in [0.2, 0.25) is 0 Å². The van der Waals surface area contributed by atoms with Crippen LogP contribution in [0.1, 0.15) is 29.8 Å². The molecule has 2 aromatic carbocycles. The van der Waals surface area contributed by atoms with Crippen LogP contribution < -0.4 is 10.6 Å². The van der Waals surface area contributed by atoms with Gasteiger partial charge in [-0.05, 0) is 18.1 Å². The third kappa shape index (κ3) is 5.14. The van der Waals surface area contributed by atoms with Gasteiger partial charge in [0.2, 0.25) is 5.91 Å². The van der Waals surface area contributed by atoms with Crippen molar-refractivity contribution in [1.29, 1.82) is 0 Å². The topological polar surface area (TPSA) is 101 Å². The molecule has 0 aromatic heterocycles. The van der Waals surface area contributed by atoms with Gasteiger partial charge in [-0.2, -0.15) is 0 Å². The van der Waals surface area contributed by atoms with Crippen molar-refractivity contribution in [1.82, 2.24) is 5.32 Å². The highest BCUT2D eigenvalue weighted by Gasteiger charge is 2.17. The molecule has 0 unspecified atom stereocenters. The van der Waals surface area contributed by atoms with Crippen LogP contribution >= 0.6 is 0 Å². The average Bonchev–Trinajstić information content (AvgIpc) is 2.60. The highest BCUT2D eigenvalue weighted by atomic mass is 16.6. The van der Waals surface area contributed by atoms with E-state index in [0.717, 1.165) is 0 Å². The molecule has 0 atom stereocenters. The van der Waals surface area contributed by atoms with E-state index in [4.69, 9.17) is 0 Å². The zero-order chi connectivity index (χ0) is 19.1. The molecule has 0 bridgehead atoms. The van der Waals surface area contributed by atoms with Gasteiger partial charge in [-0.1, -0.05) is 44.2 Å². The first-order valence-electron chi connectivity index (χ1n) is 8.28. The zero-order valence-corrected chi connectivity index (χ0v) is 14.7. The molecule has 0 radical (unpaired) electrons. The molecule has 0 heterocycles. The summed E-state index contributed by atoms with van der Waals surface area (Å²) in [5.74, 6) is -0.400. The maximum atomic E-state index is 12.3. The maximum Gasteiger partial charge on any atom is 0.273 e. The molecule has 0 aliphatic carbocycles. The lowest BCUT2D eigenvalue weighted by molar-refractivity contribution is -0.385. The fourth-order valence-electron chi connectivity index (χ4n) is 2.39. The van der Waals surface area contributed by atoms with Crippen LogP contribution in [-0.2, 0) is 11.2 Å². The second-order valence-corrected chi connectivity index (χ2v) is 6.26. The van der Waals surface area contributed by atoms with Gasteiger partial charge in [0, 0.05) is 18.2 Å². The number of nitro groups is 1. The monoisotopic (exact) mass is 355 g/mol. The van der Waals surface area contributed by atoms with Crippen molar-refractivity contribution in [3.8, 4) is 0 Å². The molecule has 2 rings (SSSR count). The summed E-state index contributed by atoms with van der Waals surface area (Å²) in [6.45, 7) is 4.50. The first-order valence-corrected chi connectivity index (χ1v) is 8.28. The van der Waals surface area contributed by atoms with Crippen molar-refractivity contribution >= 4 is 23.2 Å². The van der Waals surface area contributed by atoms with E-state index in [-0.39, 0.29) is 18.0 Å². The first-order chi connectivity index (χ1) is 12.4. The van der Waals surface area contributed by atoms with Crippen LogP contribution in [0, 0.1) is 16.0 Å². The Morgan fingerprint density at radius 3 is 2.42 bits per heavy atom. The van der Waals surface area contributed by atoms with Crippen molar-refractivity contribution < 1.29 is 14.5 Å². The first kappa shape index (κ1) is 19.1. The fraction of sp³-hybridized carbons (Fsp3) is 0.263. The van der Waals surface area contributed by atoms with Crippen molar-refractivity contribution in [2.45, 2.75) is 20.3 Å². The Bertz CT molecular complexity index is 818. The molecule has 0 spiro atoms. The highest BCUT2D eigenvalue weighted by molar-refractivity contribution is 6.04. The highest BCUT2D eigenvalue weighted by Crippen LogP contribution is 2.20. The normalized spacial score (nSPS) is 10.4. The van der Waals surface area contributed by atoms with E-state index in [1.165, 1.54) is 6.07 Å². The second kappa shape index (κ2) is 8.75. The number of para-hydroxylation sites is 2. The summed E-state index contributed by atoms with van der Waals surface area (Å²) in [5.41, 5.74) is 0.934. The van der Waals surface area contributed by atoms with Crippen LogP contribution in [-0.4, -0.2) is 23.3 Å². The van der Waals surface area contributed by atoms with Gasteiger partial charge in [0.15, 0.2) is 0 Å². The third-order valence-corrected chi connectivity index (χ3v) is 3.66. The lowest BCUT2D eigenvalue weighted by Gasteiger charge is -2.12. The minimum atomic E-state index is -0.518. The molecular formula is C19H21N3O4. The van der Waals surface area contributed by atoms with Crippen LogP contribution in [0.15, 0.2) is 48.5 Å². The van der Waals surface area contributed by atoms with E-state index in [2.05, 4.69) is 10.6 Å². The lowest BCUT2D eigenvalue weighted by Crippen LogP contribution is -2.28. The summed E-state index contributed by atoms with van der Waals surface area (Å²) in [7, 11) is 0. The Labute approximate surface area is 151 Å². The number of hydrogen-bond acceptors (Lipinski definition) is 4. The Balaban J connectivity index is 2.13. The molecule has 26 heavy (non-hydrogen) atoms. The molecule has 0 saturated carbocycles. The number of anilines is 1. The Hall–Kier alpha value is -3.22. The number of nitrogens with one attached hydrogen (secondary N) is 2. The maximum absolute atomic E-state index is 12.3. The van der Waals surface area contributed by atoms with Gasteiger partial charge in [0.25, 0.3) is 11.6 Å². The number of rotatable bonds is 7. The lowest BCUT2D eigenvalue weighted by atomic mass is 10.1. The molecule has 0 aliphatic heterocycles. The second-order valence-electron chi connectivity index (χ2n) is 6.26. The van der Waals surface area contributed by atoms with Crippen LogP contribution in [0.5, 0.6) is 0 Å². The molecule has 0 aliphatic rings. The van der Waals surface area contributed by atoms with Gasteiger partial charge in [-0.15, -0.1) is 0 Å². The molecule has 2 N–H and O–H groups in total. The standard InChI is InChI=1S/C19H21N3O4/c1-13(2)12-20-19(24)15-8-4-5-9-16(15)21-18(23)11-14-7-3-6-10-17(14)22(25)26/h3-10,13H,11-12H2,1-2H3,(H,20,24)(H,21,23). The minimum absolute atomic E-state index is 0.106. The Morgan fingerprint density at radius 2 is 1.73 bits per heavy atom. The molecular weight excluding hydrogens is 334 g/mol. The number of hydrogen-bond donors (Lipinski definition) is 2. The summed E-state index contributed by atoms with van der Waals surface area (Å²) in [6, 6.07) is 12.8. The molecule has 2 aromatic rings. The average molecular weight is 355 g/mol. The van der Waals surface area contributed by atoms with Crippen molar-refractivity contribution in [2.75, 3.05) is 11.9 Å². The Kier molecular flexibility index (Phi) is 6.43. The van der Waals surface area contributed by atoms with Crippen LogP contribution in [0.25, 0.3) is 0 Å². The number of amides is 2. The summed E-state index contributed by atoms with van der Waals surface area (Å²) in [4.78, 5) is 35.2. The number of carbonyl (C=O) groups excluding carboxylic acids is 2. The molecule has 0 fully saturated rings. The number of benzene rings is 2. The molecule has 136 valence electrons. The van der Waals surface area contributed by atoms with E-state index in [1.807, 2.05) is 13.8 Å². The molecule has 7 heteroatoms. The van der Waals surface area contributed by atoms with Gasteiger partial charge in [-0.3, -0.25) is 19.7 Å². The molecule has 7 nitrogen and oxygen atoms in total. The van der Waals surface area contributed by atoms with Gasteiger partial charge < -0.3 is 10.6 Å². The molecule has 0 saturated heterocycles. The van der Waals surface area contributed by atoms with E-state index >= 15 is 0 Å². The summed E-state index contributed by atoms with van der Waals surface area (Å²) in [6.07, 6.45) is -0.154. The van der Waals surface area contributed by atoms with E-state index in [0.29, 0.717) is 29.3 Å². The smallest absolute Gasteiger partial charge is 0.273 e. The summed E-state index contributed by atoms with van der Waals surface area (Å²) < 4.78 is 0. The number of nitro benzene ring substituents is 1. The van der Waals surface area contributed by atoms with Gasteiger partial charge in [-0.25, -0.2) is 0 Å². The SMILES string of the molecule is CC(C)CNC(=O)c1ccccc1NC(=O)Cc1ccccc1[N+](=O)[O-]. The number of nitrogens with zero attached hydrogens (tertiary/aromatic N) is 1. The zero-order valence-electron chi connectivity index (χ0n) is 14.7. The number of carbonyl (C=O) groups is 2. The Morgan fingerprint density at radius 1 is 1.08 bits per heavy atom. The third-order valence-electron chi connectivity index (χ3n) is 3.66. The molecule has 2 amide bonds. The van der Waals surface area contributed by atoms with Gasteiger partial charge in [0.05, 0.1) is 22.6 Å². The predicted octanol–water partition coefficient (Wildman–Crippen LogP) is 3.16. The predicted molar refractivity (Wildman–Crippen MR) is 99.0 cm³/mol. The summed E-state index contributed by atoms with van der Waals surface area (Å²) >= 11 is 0.